The van der Waals surface area contributed by atoms with Gasteiger partial charge < -0.3 is 4.90 Å². The largest absolute Gasteiger partial charge is 0.301 e. The van der Waals surface area contributed by atoms with Crippen LogP contribution in [0.5, 0.6) is 0 Å². The summed E-state index contributed by atoms with van der Waals surface area (Å²) in [7, 11) is 0. The zero-order valence-corrected chi connectivity index (χ0v) is 12.8. The number of rotatable bonds is 5. The number of tetrazole rings is 1. The van der Waals surface area contributed by atoms with Gasteiger partial charge in [0.15, 0.2) is 5.82 Å². The fourth-order valence-electron chi connectivity index (χ4n) is 2.69. The highest BCUT2D eigenvalue weighted by Gasteiger charge is 2.18. The Labute approximate surface area is 129 Å². The zero-order chi connectivity index (χ0) is 15.4. The van der Waals surface area contributed by atoms with Crippen LogP contribution in [0.25, 0.3) is 0 Å². The summed E-state index contributed by atoms with van der Waals surface area (Å²) in [5.74, 6) is 0.628. The number of halogens is 1. The number of piperazine rings is 1. The first-order valence-electron chi connectivity index (χ1n) is 7.69. The third kappa shape index (κ3) is 3.66. The molecule has 0 bridgehead atoms. The maximum atomic E-state index is 13.0. The van der Waals surface area contributed by atoms with Crippen molar-refractivity contribution in [3.8, 4) is 0 Å². The molecular formula is C15H21FN6. The van der Waals surface area contributed by atoms with E-state index in [2.05, 4.69) is 32.2 Å². The van der Waals surface area contributed by atoms with Crippen molar-refractivity contribution in [2.75, 3.05) is 32.7 Å². The van der Waals surface area contributed by atoms with E-state index in [0.29, 0.717) is 6.54 Å². The van der Waals surface area contributed by atoms with Crippen molar-refractivity contribution in [1.82, 2.24) is 30.0 Å². The van der Waals surface area contributed by atoms with Crippen molar-refractivity contribution in [1.29, 1.82) is 0 Å². The van der Waals surface area contributed by atoms with Gasteiger partial charge in [0.05, 0.1) is 13.1 Å². The van der Waals surface area contributed by atoms with Crippen molar-refractivity contribution in [3.63, 3.8) is 0 Å². The molecule has 3 rings (SSSR count). The minimum atomic E-state index is -0.227. The Morgan fingerprint density at radius 1 is 1.00 bits per heavy atom. The van der Waals surface area contributed by atoms with Crippen LogP contribution in [0, 0.1) is 5.82 Å². The smallest absolute Gasteiger partial charge is 0.165 e. The van der Waals surface area contributed by atoms with E-state index in [-0.39, 0.29) is 5.82 Å². The van der Waals surface area contributed by atoms with E-state index in [1.54, 1.807) is 16.8 Å². The highest BCUT2D eigenvalue weighted by Crippen LogP contribution is 2.09. The molecule has 2 heterocycles. The molecule has 1 aliphatic rings. The van der Waals surface area contributed by atoms with E-state index in [1.165, 1.54) is 12.1 Å². The molecule has 1 aliphatic heterocycles. The first kappa shape index (κ1) is 15.1. The van der Waals surface area contributed by atoms with Crippen LogP contribution in [0.3, 0.4) is 0 Å². The average Bonchev–Trinajstić information content (AvgIpc) is 2.97. The molecule has 0 amide bonds. The fourth-order valence-corrected chi connectivity index (χ4v) is 2.69. The standard InChI is InChI=1S/C15H21FN6/c1-2-20-7-9-21(10-8-20)12-15-17-18-19-22(15)11-13-3-5-14(16)6-4-13/h3-6H,2,7-12H2,1H3. The van der Waals surface area contributed by atoms with Crippen molar-refractivity contribution in [3.05, 3.63) is 41.5 Å². The lowest BCUT2D eigenvalue weighted by atomic mass is 10.2. The van der Waals surface area contributed by atoms with Gasteiger partial charge in [-0.1, -0.05) is 19.1 Å². The van der Waals surface area contributed by atoms with E-state index < -0.39 is 0 Å². The molecule has 7 heteroatoms. The molecule has 118 valence electrons. The molecule has 0 saturated carbocycles. The predicted molar refractivity (Wildman–Crippen MR) is 80.7 cm³/mol. The van der Waals surface area contributed by atoms with E-state index >= 15 is 0 Å². The number of hydrogen-bond acceptors (Lipinski definition) is 5. The van der Waals surface area contributed by atoms with Gasteiger partial charge in [-0.3, -0.25) is 4.90 Å². The lowest BCUT2D eigenvalue weighted by Gasteiger charge is -2.33. The highest BCUT2D eigenvalue weighted by atomic mass is 19.1. The van der Waals surface area contributed by atoms with Gasteiger partial charge in [-0.05, 0) is 34.7 Å². The fraction of sp³-hybridized carbons (Fsp3) is 0.533. The summed E-state index contributed by atoms with van der Waals surface area (Å²) in [5.41, 5.74) is 0.991. The normalized spacial score (nSPS) is 17.0. The molecule has 1 saturated heterocycles. The minimum Gasteiger partial charge on any atom is -0.301 e. The Morgan fingerprint density at radius 2 is 1.68 bits per heavy atom. The van der Waals surface area contributed by atoms with E-state index in [0.717, 1.165) is 50.7 Å². The molecule has 0 radical (unpaired) electrons. The summed E-state index contributed by atoms with van der Waals surface area (Å²) >= 11 is 0. The van der Waals surface area contributed by atoms with Crippen molar-refractivity contribution >= 4 is 0 Å². The molecule has 0 unspecified atom stereocenters. The lowest BCUT2D eigenvalue weighted by Crippen LogP contribution is -2.45. The molecule has 0 spiro atoms. The van der Waals surface area contributed by atoms with Gasteiger partial charge in [-0.2, -0.15) is 0 Å². The second-order valence-electron chi connectivity index (χ2n) is 5.59. The van der Waals surface area contributed by atoms with Crippen LogP contribution in [-0.2, 0) is 13.1 Å². The third-order valence-electron chi connectivity index (χ3n) is 4.13. The number of aromatic nitrogens is 4. The Kier molecular flexibility index (Phi) is 4.74. The Morgan fingerprint density at radius 3 is 2.36 bits per heavy atom. The Balaban J connectivity index is 1.61. The molecule has 2 aromatic rings. The van der Waals surface area contributed by atoms with Gasteiger partial charge in [0.2, 0.25) is 0 Å². The second kappa shape index (κ2) is 6.93. The molecule has 22 heavy (non-hydrogen) atoms. The van der Waals surface area contributed by atoms with E-state index in [9.17, 15) is 4.39 Å². The van der Waals surface area contributed by atoms with Crippen LogP contribution in [0.2, 0.25) is 0 Å². The van der Waals surface area contributed by atoms with Gasteiger partial charge in [0.1, 0.15) is 5.82 Å². The monoisotopic (exact) mass is 304 g/mol. The number of benzene rings is 1. The van der Waals surface area contributed by atoms with Gasteiger partial charge in [0.25, 0.3) is 0 Å². The van der Waals surface area contributed by atoms with Crippen molar-refractivity contribution in [2.24, 2.45) is 0 Å². The van der Waals surface area contributed by atoms with Gasteiger partial charge in [-0.15, -0.1) is 5.10 Å². The number of hydrogen-bond donors (Lipinski definition) is 0. The van der Waals surface area contributed by atoms with Crippen LogP contribution in [0.4, 0.5) is 4.39 Å². The van der Waals surface area contributed by atoms with E-state index in [1.807, 2.05) is 0 Å². The predicted octanol–water partition coefficient (Wildman–Crippen LogP) is 0.998. The summed E-state index contributed by atoms with van der Waals surface area (Å²) in [6.45, 7) is 8.89. The zero-order valence-electron chi connectivity index (χ0n) is 12.8. The lowest BCUT2D eigenvalue weighted by molar-refractivity contribution is 0.128. The van der Waals surface area contributed by atoms with Crippen LogP contribution in [-0.4, -0.2) is 62.7 Å². The van der Waals surface area contributed by atoms with Gasteiger partial charge in [0, 0.05) is 26.2 Å². The summed E-state index contributed by atoms with van der Waals surface area (Å²) in [6.07, 6.45) is 0. The molecule has 6 nitrogen and oxygen atoms in total. The molecule has 0 N–H and O–H groups in total. The summed E-state index contributed by atoms with van der Waals surface area (Å²) in [5, 5.41) is 12.0. The molecule has 1 fully saturated rings. The van der Waals surface area contributed by atoms with E-state index in [4.69, 9.17) is 0 Å². The van der Waals surface area contributed by atoms with Crippen molar-refractivity contribution < 1.29 is 4.39 Å². The molecule has 0 atom stereocenters. The van der Waals surface area contributed by atoms with Gasteiger partial charge >= 0.3 is 0 Å². The summed E-state index contributed by atoms with van der Waals surface area (Å²) < 4.78 is 14.7. The Bertz CT molecular complexity index is 588. The number of likely N-dealkylation sites (N-methyl/N-ethyl adjacent to an activating group) is 1. The Hall–Kier alpha value is -1.86. The van der Waals surface area contributed by atoms with Crippen LogP contribution >= 0.6 is 0 Å². The maximum absolute atomic E-state index is 13.0. The maximum Gasteiger partial charge on any atom is 0.165 e. The molecule has 0 aliphatic carbocycles. The highest BCUT2D eigenvalue weighted by molar-refractivity contribution is 5.16. The average molecular weight is 304 g/mol. The quantitative estimate of drug-likeness (QED) is 0.825. The first-order valence-corrected chi connectivity index (χ1v) is 7.69. The third-order valence-corrected chi connectivity index (χ3v) is 4.13. The molecule has 1 aromatic heterocycles. The van der Waals surface area contributed by atoms with Gasteiger partial charge in [-0.25, -0.2) is 9.07 Å². The number of nitrogens with zero attached hydrogens (tertiary/aromatic N) is 6. The summed E-state index contributed by atoms with van der Waals surface area (Å²) in [6, 6.07) is 6.45. The summed E-state index contributed by atoms with van der Waals surface area (Å²) in [4.78, 5) is 4.82. The first-order chi connectivity index (χ1) is 10.7. The SMILES string of the molecule is CCN1CCN(Cc2nnnn2Cc2ccc(F)cc2)CC1. The second-order valence-corrected chi connectivity index (χ2v) is 5.59. The van der Waals surface area contributed by atoms with Crippen molar-refractivity contribution in [2.45, 2.75) is 20.0 Å². The van der Waals surface area contributed by atoms with Crippen LogP contribution in [0.1, 0.15) is 18.3 Å². The van der Waals surface area contributed by atoms with Crippen LogP contribution < -0.4 is 0 Å². The van der Waals surface area contributed by atoms with Crippen LogP contribution in [0.15, 0.2) is 24.3 Å². The minimum absolute atomic E-state index is 0.227. The molecular weight excluding hydrogens is 283 g/mol. The topological polar surface area (TPSA) is 50.1 Å². The molecule has 1 aromatic carbocycles.